The molecule has 3 N–H and O–H groups in total. The second kappa shape index (κ2) is 7.45. The number of unbranched alkanes of at least 4 members (excludes halogenated alkanes) is 1. The summed E-state index contributed by atoms with van der Waals surface area (Å²) in [7, 11) is 0. The molecule has 0 fully saturated rings. The fraction of sp³-hybridized carbons (Fsp3) is 0.615. The molecular formula is C13H22N2OS. The Morgan fingerprint density at radius 1 is 1.53 bits per heavy atom. The molecule has 0 saturated heterocycles. The van der Waals surface area contributed by atoms with Crippen LogP contribution < -0.4 is 11.1 Å². The molecule has 1 rings (SSSR count). The first-order valence-electron chi connectivity index (χ1n) is 6.27. The van der Waals surface area contributed by atoms with E-state index in [2.05, 4.69) is 30.6 Å². The van der Waals surface area contributed by atoms with E-state index in [0.29, 0.717) is 6.54 Å². The van der Waals surface area contributed by atoms with Gasteiger partial charge in [-0.25, -0.2) is 0 Å². The standard InChI is InChI=1S/C13H22N2OS/c1-3-5-6-11(14)13(16)15-9-12-10(4-2)7-8-17-12/h7-8,11H,3-6,9,14H2,1-2H3,(H,15,16). The fourth-order valence-electron chi connectivity index (χ4n) is 1.69. The minimum absolute atomic E-state index is 0.0334. The Balaban J connectivity index is 2.37. The van der Waals surface area contributed by atoms with Crippen LogP contribution in [0.3, 0.4) is 0 Å². The lowest BCUT2D eigenvalue weighted by molar-refractivity contribution is -0.122. The van der Waals surface area contributed by atoms with Gasteiger partial charge in [-0.2, -0.15) is 0 Å². The molecule has 1 aromatic rings. The number of nitrogens with one attached hydrogen (secondary N) is 1. The molecule has 1 aromatic heterocycles. The average molecular weight is 254 g/mol. The first kappa shape index (κ1) is 14.2. The van der Waals surface area contributed by atoms with E-state index < -0.39 is 0 Å². The number of carbonyl (C=O) groups excluding carboxylic acids is 1. The zero-order chi connectivity index (χ0) is 12.7. The van der Waals surface area contributed by atoms with Crippen LogP contribution in [-0.2, 0) is 17.8 Å². The molecule has 4 heteroatoms. The molecule has 3 nitrogen and oxygen atoms in total. The van der Waals surface area contributed by atoms with Crippen molar-refractivity contribution in [1.29, 1.82) is 0 Å². The summed E-state index contributed by atoms with van der Waals surface area (Å²) in [4.78, 5) is 13.0. The third-order valence-electron chi connectivity index (χ3n) is 2.85. The van der Waals surface area contributed by atoms with E-state index in [1.54, 1.807) is 11.3 Å². The van der Waals surface area contributed by atoms with Gasteiger partial charge in [-0.3, -0.25) is 4.79 Å². The maximum Gasteiger partial charge on any atom is 0.237 e. The second-order valence-corrected chi connectivity index (χ2v) is 5.19. The van der Waals surface area contributed by atoms with Gasteiger partial charge >= 0.3 is 0 Å². The molecule has 0 aliphatic carbocycles. The van der Waals surface area contributed by atoms with E-state index >= 15 is 0 Å². The average Bonchev–Trinajstić information content (AvgIpc) is 2.80. The number of amides is 1. The summed E-state index contributed by atoms with van der Waals surface area (Å²) >= 11 is 1.69. The summed E-state index contributed by atoms with van der Waals surface area (Å²) < 4.78 is 0. The lowest BCUT2D eigenvalue weighted by Crippen LogP contribution is -2.40. The number of nitrogens with two attached hydrogens (primary N) is 1. The topological polar surface area (TPSA) is 55.1 Å². The molecule has 1 heterocycles. The van der Waals surface area contributed by atoms with Crippen molar-refractivity contribution in [2.24, 2.45) is 5.73 Å². The van der Waals surface area contributed by atoms with Crippen LogP contribution >= 0.6 is 11.3 Å². The third-order valence-corrected chi connectivity index (χ3v) is 3.81. The van der Waals surface area contributed by atoms with Gasteiger partial charge in [0.25, 0.3) is 0 Å². The van der Waals surface area contributed by atoms with E-state index in [9.17, 15) is 4.79 Å². The van der Waals surface area contributed by atoms with E-state index in [0.717, 1.165) is 25.7 Å². The number of hydrogen-bond acceptors (Lipinski definition) is 3. The van der Waals surface area contributed by atoms with E-state index in [-0.39, 0.29) is 11.9 Å². The van der Waals surface area contributed by atoms with Crippen molar-refractivity contribution in [3.8, 4) is 0 Å². The lowest BCUT2D eigenvalue weighted by Gasteiger charge is -2.11. The third kappa shape index (κ3) is 4.48. The highest BCUT2D eigenvalue weighted by atomic mass is 32.1. The normalized spacial score (nSPS) is 12.4. The molecule has 0 saturated carbocycles. The molecule has 0 bridgehead atoms. The van der Waals surface area contributed by atoms with Gasteiger partial charge in [-0.15, -0.1) is 11.3 Å². The first-order valence-corrected chi connectivity index (χ1v) is 7.15. The smallest absolute Gasteiger partial charge is 0.237 e. The Labute approximate surface area is 107 Å². The molecule has 96 valence electrons. The van der Waals surface area contributed by atoms with Crippen molar-refractivity contribution >= 4 is 17.2 Å². The van der Waals surface area contributed by atoms with Crippen molar-refractivity contribution in [1.82, 2.24) is 5.32 Å². The van der Waals surface area contributed by atoms with Gasteiger partial charge < -0.3 is 11.1 Å². The minimum Gasteiger partial charge on any atom is -0.350 e. The van der Waals surface area contributed by atoms with Crippen LogP contribution in [0.5, 0.6) is 0 Å². The molecule has 0 radical (unpaired) electrons. The van der Waals surface area contributed by atoms with Gasteiger partial charge in [-0.05, 0) is 29.9 Å². The Bertz CT molecular complexity index is 349. The number of aryl methyl sites for hydroxylation is 1. The monoisotopic (exact) mass is 254 g/mol. The number of rotatable bonds is 7. The highest BCUT2D eigenvalue weighted by Crippen LogP contribution is 2.16. The van der Waals surface area contributed by atoms with Crippen LogP contribution in [0, 0.1) is 0 Å². The van der Waals surface area contributed by atoms with Gasteiger partial charge in [0.1, 0.15) is 0 Å². The SMILES string of the molecule is CCCCC(N)C(=O)NCc1sccc1CC. The highest BCUT2D eigenvalue weighted by molar-refractivity contribution is 7.10. The van der Waals surface area contributed by atoms with Crippen LogP contribution in [0.4, 0.5) is 0 Å². The summed E-state index contributed by atoms with van der Waals surface area (Å²) in [5.41, 5.74) is 7.12. The summed E-state index contributed by atoms with van der Waals surface area (Å²) in [6.07, 6.45) is 3.86. The van der Waals surface area contributed by atoms with Gasteiger partial charge in [-0.1, -0.05) is 26.7 Å². The van der Waals surface area contributed by atoms with Crippen molar-refractivity contribution < 1.29 is 4.79 Å². The predicted octanol–water partition coefficient (Wildman–Crippen LogP) is 2.44. The number of hydrogen-bond donors (Lipinski definition) is 2. The Kier molecular flexibility index (Phi) is 6.22. The molecule has 17 heavy (non-hydrogen) atoms. The van der Waals surface area contributed by atoms with Gasteiger partial charge in [0.2, 0.25) is 5.91 Å². The molecule has 0 aliphatic rings. The van der Waals surface area contributed by atoms with Crippen molar-refractivity contribution in [2.75, 3.05) is 0 Å². The van der Waals surface area contributed by atoms with Gasteiger partial charge in [0.05, 0.1) is 12.6 Å². The quantitative estimate of drug-likeness (QED) is 0.785. The molecule has 0 aromatic carbocycles. The van der Waals surface area contributed by atoms with Crippen molar-refractivity contribution in [3.63, 3.8) is 0 Å². The van der Waals surface area contributed by atoms with E-state index in [1.807, 2.05) is 0 Å². The lowest BCUT2D eigenvalue weighted by atomic mass is 10.1. The van der Waals surface area contributed by atoms with Crippen molar-refractivity contribution in [3.05, 3.63) is 21.9 Å². The second-order valence-electron chi connectivity index (χ2n) is 4.19. The molecule has 0 aliphatic heterocycles. The van der Waals surface area contributed by atoms with Crippen LogP contribution in [0.15, 0.2) is 11.4 Å². The largest absolute Gasteiger partial charge is 0.350 e. The van der Waals surface area contributed by atoms with Gasteiger partial charge in [0.15, 0.2) is 0 Å². The maximum absolute atomic E-state index is 11.7. The number of carbonyl (C=O) groups is 1. The summed E-state index contributed by atoms with van der Waals surface area (Å²) in [6.45, 7) is 4.84. The summed E-state index contributed by atoms with van der Waals surface area (Å²) in [6, 6.07) is 1.75. The molecule has 1 unspecified atom stereocenters. The zero-order valence-corrected chi connectivity index (χ0v) is 11.5. The molecular weight excluding hydrogens is 232 g/mol. The minimum atomic E-state index is -0.361. The fourth-order valence-corrected chi connectivity index (χ4v) is 2.61. The molecule has 1 atom stereocenters. The molecule has 0 spiro atoms. The number of thiophene rings is 1. The van der Waals surface area contributed by atoms with Crippen LogP contribution in [0.2, 0.25) is 0 Å². The van der Waals surface area contributed by atoms with Crippen LogP contribution in [0.25, 0.3) is 0 Å². The van der Waals surface area contributed by atoms with Crippen LogP contribution in [-0.4, -0.2) is 11.9 Å². The zero-order valence-electron chi connectivity index (χ0n) is 10.7. The first-order chi connectivity index (χ1) is 8.19. The van der Waals surface area contributed by atoms with Crippen LogP contribution in [0.1, 0.15) is 43.6 Å². The molecule has 1 amide bonds. The maximum atomic E-state index is 11.7. The van der Waals surface area contributed by atoms with Crippen molar-refractivity contribution in [2.45, 2.75) is 52.1 Å². The van der Waals surface area contributed by atoms with E-state index in [4.69, 9.17) is 5.73 Å². The Morgan fingerprint density at radius 3 is 2.94 bits per heavy atom. The Morgan fingerprint density at radius 2 is 2.29 bits per heavy atom. The van der Waals surface area contributed by atoms with Gasteiger partial charge in [0, 0.05) is 4.88 Å². The van der Waals surface area contributed by atoms with E-state index in [1.165, 1.54) is 10.4 Å². The summed E-state index contributed by atoms with van der Waals surface area (Å²) in [5, 5.41) is 4.98. The Hall–Kier alpha value is -0.870. The highest BCUT2D eigenvalue weighted by Gasteiger charge is 2.12. The predicted molar refractivity (Wildman–Crippen MR) is 73.0 cm³/mol. The summed E-state index contributed by atoms with van der Waals surface area (Å²) in [5.74, 6) is -0.0334.